The average Bonchev–Trinajstić information content (AvgIpc) is 3.34. The molecule has 0 bridgehead atoms. The molecule has 0 saturated heterocycles. The molecule has 0 rings (SSSR count). The minimum atomic E-state index is -0.807. The standard InChI is InChI=1S/C62H106O6/c1-4-7-10-13-16-19-22-25-28-31-34-37-40-43-46-49-52-55-61(64)67-58-59(57-66-60(63)54-51-48-45-42-39-36-33-30-27-24-21-18-15-12-9-6-3)68-62(65)56-53-50-47-44-41-38-35-32-29-26-23-20-17-14-11-8-5-2/h16-17,19-20,25-26,28-30,33-34,37,43,46,59H,4-15,18,21-24,27,31-32,35-36,38-42,44-45,47-58H2,1-3H3/b19-16-,20-17-,28-25-,29-26-,33-30-,37-34-,46-43-/t59-/m1/s1. The lowest BCUT2D eigenvalue weighted by Gasteiger charge is -2.18. The maximum Gasteiger partial charge on any atom is 0.306 e. The molecule has 68 heavy (non-hydrogen) atoms. The Hall–Kier alpha value is -3.41. The van der Waals surface area contributed by atoms with E-state index in [1.807, 2.05) is 0 Å². The van der Waals surface area contributed by atoms with Gasteiger partial charge in [0, 0.05) is 19.3 Å². The molecule has 390 valence electrons. The first-order valence-corrected chi connectivity index (χ1v) is 28.6. The van der Waals surface area contributed by atoms with Gasteiger partial charge >= 0.3 is 17.9 Å². The van der Waals surface area contributed by atoms with Crippen molar-refractivity contribution in [3.8, 4) is 0 Å². The number of allylic oxidation sites excluding steroid dienone is 14. The zero-order valence-corrected chi connectivity index (χ0v) is 44.6. The number of carbonyl (C=O) groups is 3. The largest absolute Gasteiger partial charge is 0.462 e. The lowest BCUT2D eigenvalue weighted by molar-refractivity contribution is -0.167. The Labute approximate surface area is 420 Å². The highest BCUT2D eigenvalue weighted by Gasteiger charge is 2.19. The van der Waals surface area contributed by atoms with E-state index in [2.05, 4.69) is 106 Å². The van der Waals surface area contributed by atoms with Gasteiger partial charge in [0.2, 0.25) is 0 Å². The third kappa shape index (κ3) is 53.5. The van der Waals surface area contributed by atoms with E-state index in [4.69, 9.17) is 14.2 Å². The second-order valence-electron chi connectivity index (χ2n) is 18.8. The number of carbonyl (C=O) groups excluding carboxylic acids is 3. The molecule has 0 aliphatic heterocycles. The topological polar surface area (TPSA) is 78.9 Å². The predicted octanol–water partition coefficient (Wildman–Crippen LogP) is 19.2. The van der Waals surface area contributed by atoms with Crippen molar-refractivity contribution >= 4 is 17.9 Å². The van der Waals surface area contributed by atoms with Gasteiger partial charge in [-0.15, -0.1) is 0 Å². The number of unbranched alkanes of at least 4 members (excludes halogenated alkanes) is 26. The van der Waals surface area contributed by atoms with E-state index < -0.39 is 6.10 Å². The van der Waals surface area contributed by atoms with Crippen LogP contribution in [-0.4, -0.2) is 37.2 Å². The summed E-state index contributed by atoms with van der Waals surface area (Å²) < 4.78 is 16.8. The van der Waals surface area contributed by atoms with Gasteiger partial charge in [-0.1, -0.05) is 221 Å². The maximum atomic E-state index is 12.9. The Morgan fingerprint density at radius 2 is 0.544 bits per heavy atom. The van der Waals surface area contributed by atoms with Gasteiger partial charge in [0.15, 0.2) is 6.10 Å². The van der Waals surface area contributed by atoms with E-state index in [9.17, 15) is 14.4 Å². The molecule has 0 spiro atoms. The molecular weight excluding hydrogens is 841 g/mol. The molecule has 0 fully saturated rings. The molecule has 0 N–H and O–H groups in total. The number of rotatable bonds is 51. The SMILES string of the molecule is CCCCC/C=C\C/C=C\C/C=C\C/C=C\CCCC(=O)OC[C@@H](COC(=O)CCCCCCC/C=C\CCCCCCCCC)OC(=O)CCCCCCCCC/C=C\C/C=C\CCCCC. The summed E-state index contributed by atoms with van der Waals surface area (Å²) in [6, 6.07) is 0. The summed E-state index contributed by atoms with van der Waals surface area (Å²) in [4.78, 5) is 38.1. The average molecular weight is 948 g/mol. The summed E-state index contributed by atoms with van der Waals surface area (Å²) in [6.45, 7) is 6.53. The molecule has 6 nitrogen and oxygen atoms in total. The highest BCUT2D eigenvalue weighted by molar-refractivity contribution is 5.71. The second kappa shape index (κ2) is 56.2. The predicted molar refractivity (Wildman–Crippen MR) is 293 cm³/mol. The van der Waals surface area contributed by atoms with Gasteiger partial charge in [-0.2, -0.15) is 0 Å². The molecule has 0 amide bonds. The van der Waals surface area contributed by atoms with E-state index in [-0.39, 0.29) is 37.5 Å². The van der Waals surface area contributed by atoms with Gasteiger partial charge in [0.05, 0.1) is 0 Å². The number of hydrogen-bond acceptors (Lipinski definition) is 6. The molecule has 1 atom stereocenters. The first-order valence-electron chi connectivity index (χ1n) is 28.6. The van der Waals surface area contributed by atoms with Crippen molar-refractivity contribution < 1.29 is 28.6 Å². The molecule has 0 aromatic rings. The van der Waals surface area contributed by atoms with Gasteiger partial charge in [0.1, 0.15) is 13.2 Å². The van der Waals surface area contributed by atoms with Crippen molar-refractivity contribution in [2.45, 2.75) is 277 Å². The third-order valence-corrected chi connectivity index (χ3v) is 12.1. The van der Waals surface area contributed by atoms with E-state index in [1.54, 1.807) is 0 Å². The molecule has 0 saturated carbocycles. The molecular formula is C62H106O6. The van der Waals surface area contributed by atoms with Crippen LogP contribution in [0.5, 0.6) is 0 Å². The van der Waals surface area contributed by atoms with Crippen molar-refractivity contribution in [2.75, 3.05) is 13.2 Å². The third-order valence-electron chi connectivity index (χ3n) is 12.1. The first kappa shape index (κ1) is 64.6. The molecule has 0 aromatic heterocycles. The minimum absolute atomic E-state index is 0.101. The summed E-state index contributed by atoms with van der Waals surface area (Å²) in [5.74, 6) is -0.970. The fourth-order valence-corrected chi connectivity index (χ4v) is 7.75. The van der Waals surface area contributed by atoms with Crippen molar-refractivity contribution in [1.29, 1.82) is 0 Å². The van der Waals surface area contributed by atoms with E-state index in [1.165, 1.54) is 141 Å². The second-order valence-corrected chi connectivity index (χ2v) is 18.8. The molecule has 6 heteroatoms. The van der Waals surface area contributed by atoms with Crippen LogP contribution in [-0.2, 0) is 28.6 Å². The first-order chi connectivity index (χ1) is 33.5. The Balaban J connectivity index is 4.49. The summed E-state index contributed by atoms with van der Waals surface area (Å²) >= 11 is 0. The van der Waals surface area contributed by atoms with Crippen LogP contribution < -0.4 is 0 Å². The van der Waals surface area contributed by atoms with Crippen molar-refractivity contribution in [2.24, 2.45) is 0 Å². The molecule has 0 heterocycles. The summed E-state index contributed by atoms with van der Waals surface area (Å²) in [6.07, 6.45) is 72.8. The number of esters is 3. The molecule has 0 aliphatic rings. The molecule has 0 aromatic carbocycles. The van der Waals surface area contributed by atoms with Crippen LogP contribution in [0, 0.1) is 0 Å². The van der Waals surface area contributed by atoms with Crippen molar-refractivity contribution in [3.05, 3.63) is 85.1 Å². The monoisotopic (exact) mass is 947 g/mol. The fraction of sp³-hybridized carbons (Fsp3) is 0.726. The lowest BCUT2D eigenvalue weighted by atomic mass is 10.1. The van der Waals surface area contributed by atoms with Crippen LogP contribution in [0.25, 0.3) is 0 Å². The van der Waals surface area contributed by atoms with E-state index in [0.717, 1.165) is 83.5 Å². The van der Waals surface area contributed by atoms with Gasteiger partial charge in [-0.3, -0.25) is 14.4 Å². The zero-order chi connectivity index (χ0) is 49.3. The minimum Gasteiger partial charge on any atom is -0.462 e. The highest BCUT2D eigenvalue weighted by Crippen LogP contribution is 2.14. The summed E-state index contributed by atoms with van der Waals surface area (Å²) in [5.41, 5.74) is 0. The summed E-state index contributed by atoms with van der Waals surface area (Å²) in [7, 11) is 0. The van der Waals surface area contributed by atoms with E-state index in [0.29, 0.717) is 19.3 Å². The smallest absolute Gasteiger partial charge is 0.306 e. The van der Waals surface area contributed by atoms with Crippen LogP contribution in [0.15, 0.2) is 85.1 Å². The van der Waals surface area contributed by atoms with Crippen LogP contribution >= 0.6 is 0 Å². The van der Waals surface area contributed by atoms with Crippen molar-refractivity contribution in [3.63, 3.8) is 0 Å². The van der Waals surface area contributed by atoms with E-state index >= 15 is 0 Å². The van der Waals surface area contributed by atoms with Gasteiger partial charge in [-0.05, 0) is 116 Å². The molecule has 0 unspecified atom stereocenters. The van der Waals surface area contributed by atoms with Gasteiger partial charge < -0.3 is 14.2 Å². The lowest BCUT2D eigenvalue weighted by Crippen LogP contribution is -2.30. The van der Waals surface area contributed by atoms with Crippen LogP contribution in [0.2, 0.25) is 0 Å². The Morgan fingerprint density at radius 1 is 0.294 bits per heavy atom. The van der Waals surface area contributed by atoms with Crippen LogP contribution in [0.1, 0.15) is 271 Å². The fourth-order valence-electron chi connectivity index (χ4n) is 7.75. The number of ether oxygens (including phenoxy) is 3. The Bertz CT molecular complexity index is 1320. The maximum absolute atomic E-state index is 12.9. The van der Waals surface area contributed by atoms with Crippen molar-refractivity contribution in [1.82, 2.24) is 0 Å². The quantitative estimate of drug-likeness (QED) is 0.0262. The van der Waals surface area contributed by atoms with Crippen LogP contribution in [0.4, 0.5) is 0 Å². The molecule has 0 aliphatic carbocycles. The summed E-state index contributed by atoms with van der Waals surface area (Å²) in [5, 5.41) is 0. The number of hydrogen-bond donors (Lipinski definition) is 0. The Morgan fingerprint density at radius 3 is 0.926 bits per heavy atom. The Kier molecular flexibility index (Phi) is 53.4. The zero-order valence-electron chi connectivity index (χ0n) is 44.6. The highest BCUT2D eigenvalue weighted by atomic mass is 16.6. The van der Waals surface area contributed by atoms with Gasteiger partial charge in [0.25, 0.3) is 0 Å². The molecule has 0 radical (unpaired) electrons. The van der Waals surface area contributed by atoms with Gasteiger partial charge in [-0.25, -0.2) is 0 Å². The normalized spacial score (nSPS) is 12.7. The van der Waals surface area contributed by atoms with Crippen LogP contribution in [0.3, 0.4) is 0 Å².